The van der Waals surface area contributed by atoms with Crippen molar-refractivity contribution >= 4 is 5.78 Å². The fourth-order valence-electron chi connectivity index (χ4n) is 5.09. The number of aliphatic hydroxyl groups excluding tert-OH is 1. The summed E-state index contributed by atoms with van der Waals surface area (Å²) in [5.41, 5.74) is -1.22. The lowest BCUT2D eigenvalue weighted by Crippen LogP contribution is -2.45. The van der Waals surface area contributed by atoms with E-state index in [-0.39, 0.29) is 29.6 Å². The van der Waals surface area contributed by atoms with Crippen LogP contribution in [0.4, 0.5) is 0 Å². The Morgan fingerprint density at radius 3 is 2.56 bits per heavy atom. The minimum atomic E-state index is -1.14. The molecule has 0 heterocycles. The third kappa shape index (κ3) is 1.35. The first-order valence-corrected chi connectivity index (χ1v) is 7.20. The van der Waals surface area contributed by atoms with Gasteiger partial charge in [-0.2, -0.15) is 0 Å². The summed E-state index contributed by atoms with van der Waals surface area (Å²) in [4.78, 5) is 12.3. The van der Waals surface area contributed by atoms with Gasteiger partial charge in [0.05, 0.1) is 0 Å². The van der Waals surface area contributed by atoms with Crippen LogP contribution in [0.25, 0.3) is 0 Å². The lowest BCUT2D eigenvalue weighted by Gasteiger charge is -2.34. The minimum Gasteiger partial charge on any atom is -0.396 e. The van der Waals surface area contributed by atoms with Crippen molar-refractivity contribution in [2.75, 3.05) is 6.61 Å². The standard InChI is InChI=1S/C15H24O3/c1-8-4-5-9-12(8)13-10(14(13,2)7-16)6-11(17)15(9,3)18/h8-10,12-13,16,18H,4-7H2,1-3H3. The predicted octanol–water partition coefficient (Wildman–Crippen LogP) is 1.62. The van der Waals surface area contributed by atoms with E-state index in [0.29, 0.717) is 24.2 Å². The second-order valence-corrected chi connectivity index (χ2v) is 7.31. The van der Waals surface area contributed by atoms with Crippen LogP contribution in [0.15, 0.2) is 0 Å². The second kappa shape index (κ2) is 3.57. The number of hydrogen-bond donors (Lipinski definition) is 2. The Hall–Kier alpha value is -0.410. The number of aliphatic hydroxyl groups is 2. The van der Waals surface area contributed by atoms with Crippen LogP contribution in [-0.4, -0.2) is 28.2 Å². The maximum absolute atomic E-state index is 12.3. The monoisotopic (exact) mass is 252 g/mol. The molecule has 2 N–H and O–H groups in total. The zero-order valence-corrected chi connectivity index (χ0v) is 11.5. The zero-order chi connectivity index (χ0) is 13.3. The van der Waals surface area contributed by atoms with Gasteiger partial charge in [-0.1, -0.05) is 20.3 Å². The first-order chi connectivity index (χ1) is 8.34. The molecule has 7 atom stereocenters. The molecule has 0 spiro atoms. The number of rotatable bonds is 1. The quantitative estimate of drug-likeness (QED) is 0.745. The third-order valence-electron chi connectivity index (χ3n) is 6.43. The maximum atomic E-state index is 12.3. The number of hydrogen-bond acceptors (Lipinski definition) is 3. The SMILES string of the molecule is CC1CCC2C1C1C(CC(=O)C2(C)O)C1(C)CO. The van der Waals surface area contributed by atoms with Crippen molar-refractivity contribution in [3.8, 4) is 0 Å². The van der Waals surface area contributed by atoms with Crippen LogP contribution in [0.2, 0.25) is 0 Å². The Labute approximate surface area is 109 Å². The minimum absolute atomic E-state index is 0.00345. The largest absolute Gasteiger partial charge is 0.396 e. The van der Waals surface area contributed by atoms with Gasteiger partial charge < -0.3 is 10.2 Å². The summed E-state index contributed by atoms with van der Waals surface area (Å²) in [6.07, 6.45) is 2.51. The van der Waals surface area contributed by atoms with Gasteiger partial charge in [0, 0.05) is 13.0 Å². The van der Waals surface area contributed by atoms with Gasteiger partial charge in [0.25, 0.3) is 0 Å². The number of Topliss-reactive ketones (excluding diaryl/α,β-unsaturated/α-hetero) is 1. The molecule has 3 aliphatic carbocycles. The highest BCUT2D eigenvalue weighted by Gasteiger charge is 2.70. The van der Waals surface area contributed by atoms with Crippen LogP contribution < -0.4 is 0 Å². The first kappa shape index (κ1) is 12.6. The van der Waals surface area contributed by atoms with Crippen molar-refractivity contribution in [2.45, 2.75) is 45.6 Å². The molecule has 0 aliphatic heterocycles. The van der Waals surface area contributed by atoms with Crippen molar-refractivity contribution in [2.24, 2.45) is 35.0 Å². The van der Waals surface area contributed by atoms with Crippen LogP contribution in [0.3, 0.4) is 0 Å². The number of carbonyl (C=O) groups excluding carboxylic acids is 1. The average Bonchev–Trinajstić information content (AvgIpc) is 2.71. The molecule has 3 heteroatoms. The van der Waals surface area contributed by atoms with Crippen molar-refractivity contribution < 1.29 is 15.0 Å². The highest BCUT2D eigenvalue weighted by atomic mass is 16.3. The van der Waals surface area contributed by atoms with Gasteiger partial charge in [0.15, 0.2) is 5.78 Å². The summed E-state index contributed by atoms with van der Waals surface area (Å²) in [5, 5.41) is 20.2. The Kier molecular flexibility index (Phi) is 2.50. The third-order valence-corrected chi connectivity index (χ3v) is 6.43. The lowest BCUT2D eigenvalue weighted by atomic mass is 9.74. The van der Waals surface area contributed by atoms with Gasteiger partial charge in [0.1, 0.15) is 5.60 Å². The average molecular weight is 252 g/mol. The number of carbonyl (C=O) groups is 1. The van der Waals surface area contributed by atoms with E-state index in [2.05, 4.69) is 13.8 Å². The van der Waals surface area contributed by atoms with E-state index in [1.807, 2.05) is 0 Å². The molecule has 3 fully saturated rings. The molecule has 0 amide bonds. The number of ketones is 1. The van der Waals surface area contributed by atoms with Crippen LogP contribution in [0, 0.1) is 35.0 Å². The summed E-state index contributed by atoms with van der Waals surface area (Å²) >= 11 is 0. The molecule has 0 aromatic rings. The molecule has 102 valence electrons. The zero-order valence-electron chi connectivity index (χ0n) is 11.5. The van der Waals surface area contributed by atoms with Crippen LogP contribution in [0.5, 0.6) is 0 Å². The highest BCUT2D eigenvalue weighted by Crippen LogP contribution is 2.70. The molecule has 3 aliphatic rings. The van der Waals surface area contributed by atoms with Crippen molar-refractivity contribution in [1.82, 2.24) is 0 Å². The van der Waals surface area contributed by atoms with Gasteiger partial charge in [-0.25, -0.2) is 0 Å². The first-order valence-electron chi connectivity index (χ1n) is 7.20. The molecule has 0 saturated heterocycles. The highest BCUT2D eigenvalue weighted by molar-refractivity contribution is 5.88. The van der Waals surface area contributed by atoms with Crippen molar-refractivity contribution in [3.05, 3.63) is 0 Å². The Bertz CT molecular complexity index is 389. The van der Waals surface area contributed by atoms with E-state index in [1.165, 1.54) is 0 Å². The van der Waals surface area contributed by atoms with E-state index in [9.17, 15) is 15.0 Å². The van der Waals surface area contributed by atoms with E-state index < -0.39 is 5.60 Å². The van der Waals surface area contributed by atoms with Crippen molar-refractivity contribution in [1.29, 1.82) is 0 Å². The molecule has 0 radical (unpaired) electrons. The van der Waals surface area contributed by atoms with Gasteiger partial charge in [0.2, 0.25) is 0 Å². The smallest absolute Gasteiger partial charge is 0.164 e. The molecule has 0 aromatic heterocycles. The van der Waals surface area contributed by atoms with Gasteiger partial charge >= 0.3 is 0 Å². The molecule has 3 saturated carbocycles. The molecule has 3 rings (SSSR count). The van der Waals surface area contributed by atoms with E-state index >= 15 is 0 Å². The summed E-state index contributed by atoms with van der Waals surface area (Å²) in [5.74, 6) is 1.79. The number of fused-ring (bicyclic) bond motifs is 3. The van der Waals surface area contributed by atoms with Gasteiger partial charge in [-0.3, -0.25) is 4.79 Å². The fourth-order valence-corrected chi connectivity index (χ4v) is 5.09. The second-order valence-electron chi connectivity index (χ2n) is 7.31. The van der Waals surface area contributed by atoms with Gasteiger partial charge in [-0.05, 0) is 48.3 Å². The summed E-state index contributed by atoms with van der Waals surface area (Å²) in [6.45, 7) is 6.24. The summed E-state index contributed by atoms with van der Waals surface area (Å²) in [6, 6.07) is 0. The lowest BCUT2D eigenvalue weighted by molar-refractivity contribution is -0.143. The van der Waals surface area contributed by atoms with E-state index in [1.54, 1.807) is 6.92 Å². The molecular formula is C15H24O3. The molecule has 7 unspecified atom stereocenters. The summed E-state index contributed by atoms with van der Waals surface area (Å²) in [7, 11) is 0. The molecule has 0 bridgehead atoms. The van der Waals surface area contributed by atoms with E-state index in [4.69, 9.17) is 0 Å². The van der Waals surface area contributed by atoms with Crippen molar-refractivity contribution in [3.63, 3.8) is 0 Å². The van der Waals surface area contributed by atoms with Crippen LogP contribution in [-0.2, 0) is 4.79 Å². The molecule has 0 aromatic carbocycles. The Morgan fingerprint density at radius 1 is 1.28 bits per heavy atom. The predicted molar refractivity (Wildman–Crippen MR) is 67.8 cm³/mol. The van der Waals surface area contributed by atoms with Crippen LogP contribution in [0.1, 0.15) is 40.0 Å². The van der Waals surface area contributed by atoms with E-state index in [0.717, 1.165) is 12.8 Å². The topological polar surface area (TPSA) is 57.5 Å². The molecule has 3 nitrogen and oxygen atoms in total. The Morgan fingerprint density at radius 2 is 1.94 bits per heavy atom. The summed E-state index contributed by atoms with van der Waals surface area (Å²) < 4.78 is 0. The maximum Gasteiger partial charge on any atom is 0.164 e. The van der Waals surface area contributed by atoms with Crippen LogP contribution >= 0.6 is 0 Å². The Balaban J connectivity index is 2.00. The molecule has 18 heavy (non-hydrogen) atoms. The fraction of sp³-hybridized carbons (Fsp3) is 0.933. The van der Waals surface area contributed by atoms with Gasteiger partial charge in [-0.15, -0.1) is 0 Å². The normalized spacial score (nSPS) is 58.9. The molecular weight excluding hydrogens is 228 g/mol.